The van der Waals surface area contributed by atoms with E-state index in [0.29, 0.717) is 34.6 Å². The number of nitrogens with zero attached hydrogens (tertiary/aromatic N) is 4. The van der Waals surface area contributed by atoms with E-state index in [9.17, 15) is 14.4 Å². The van der Waals surface area contributed by atoms with Crippen molar-refractivity contribution in [2.24, 2.45) is 5.92 Å². The van der Waals surface area contributed by atoms with Gasteiger partial charge in [-0.15, -0.1) is 0 Å². The van der Waals surface area contributed by atoms with Crippen molar-refractivity contribution >= 4 is 38.6 Å². The number of aromatic nitrogens is 3. The zero-order chi connectivity index (χ0) is 23.5. The molecule has 182 valence electrons. The number of allylic oxidation sites excluding steroid dienone is 1. The lowest BCUT2D eigenvalue weighted by atomic mass is 9.97. The minimum Gasteiger partial charge on any atom is -0.354 e. The van der Waals surface area contributed by atoms with Gasteiger partial charge < -0.3 is 15.5 Å². The van der Waals surface area contributed by atoms with Crippen LogP contribution >= 0.6 is 11.3 Å². The van der Waals surface area contributed by atoms with E-state index in [0.717, 1.165) is 51.5 Å². The van der Waals surface area contributed by atoms with Crippen LogP contribution in [0.3, 0.4) is 0 Å². The maximum absolute atomic E-state index is 13.0. The van der Waals surface area contributed by atoms with Crippen LogP contribution in [0.15, 0.2) is 22.8 Å². The van der Waals surface area contributed by atoms with E-state index in [1.807, 2.05) is 0 Å². The second-order valence-corrected chi connectivity index (χ2v) is 10.6. The molecule has 10 heteroatoms. The van der Waals surface area contributed by atoms with Gasteiger partial charge in [-0.25, -0.2) is 4.98 Å². The van der Waals surface area contributed by atoms with Gasteiger partial charge >= 0.3 is 0 Å². The van der Waals surface area contributed by atoms with E-state index in [1.165, 1.54) is 40.6 Å². The quantitative estimate of drug-likeness (QED) is 0.557. The molecule has 0 bridgehead atoms. The molecular formula is C24H32N6O3S. The van der Waals surface area contributed by atoms with E-state index >= 15 is 0 Å². The highest BCUT2D eigenvalue weighted by molar-refractivity contribution is 7.22. The minimum absolute atomic E-state index is 0.0544. The Balaban J connectivity index is 1.21. The molecule has 1 unspecified atom stereocenters. The molecule has 2 fully saturated rings. The molecule has 2 aromatic rings. The zero-order valence-corrected chi connectivity index (χ0v) is 20.2. The third-order valence-corrected chi connectivity index (χ3v) is 7.92. The molecule has 0 aromatic carbocycles. The number of piperidine rings is 1. The largest absolute Gasteiger partial charge is 0.354 e. The fourth-order valence-electron chi connectivity index (χ4n) is 4.70. The van der Waals surface area contributed by atoms with Crippen molar-refractivity contribution in [1.82, 2.24) is 25.2 Å². The first-order valence-electron chi connectivity index (χ1n) is 12.4. The van der Waals surface area contributed by atoms with Gasteiger partial charge in [-0.1, -0.05) is 23.0 Å². The highest BCUT2D eigenvalue weighted by Gasteiger charge is 2.31. The summed E-state index contributed by atoms with van der Waals surface area (Å²) in [4.78, 5) is 48.9. The third-order valence-electron chi connectivity index (χ3n) is 6.83. The predicted octanol–water partition coefficient (Wildman–Crippen LogP) is 2.35. The van der Waals surface area contributed by atoms with E-state index in [-0.39, 0.29) is 29.8 Å². The summed E-state index contributed by atoms with van der Waals surface area (Å²) in [5.41, 5.74) is 1.56. The van der Waals surface area contributed by atoms with Gasteiger partial charge in [-0.3, -0.25) is 19.0 Å². The minimum atomic E-state index is -0.251. The Labute approximate surface area is 202 Å². The fraction of sp³-hybridized carbons (Fsp3) is 0.625. The molecule has 1 saturated heterocycles. The van der Waals surface area contributed by atoms with Gasteiger partial charge in [0.25, 0.3) is 5.56 Å². The summed E-state index contributed by atoms with van der Waals surface area (Å²) in [5, 5.41) is 6.73. The Morgan fingerprint density at radius 1 is 1.18 bits per heavy atom. The Hall–Kier alpha value is -2.75. The molecule has 2 aliphatic carbocycles. The van der Waals surface area contributed by atoms with Crippen molar-refractivity contribution in [1.29, 1.82) is 0 Å². The van der Waals surface area contributed by atoms with Crippen LogP contribution in [0.2, 0.25) is 0 Å². The van der Waals surface area contributed by atoms with Crippen LogP contribution in [0.25, 0.3) is 10.3 Å². The SMILES string of the molecule is O=C(Cn1cnc2nc(N3CCCC(C(=O)NC4CC4)C3)sc2c1=O)NCCC1=CCCCC1. The highest BCUT2D eigenvalue weighted by atomic mass is 32.1. The second kappa shape index (κ2) is 10.2. The van der Waals surface area contributed by atoms with Crippen molar-refractivity contribution in [3.8, 4) is 0 Å². The van der Waals surface area contributed by atoms with Crippen molar-refractivity contribution < 1.29 is 9.59 Å². The number of hydrogen-bond donors (Lipinski definition) is 2. The molecule has 5 rings (SSSR count). The Morgan fingerprint density at radius 3 is 2.85 bits per heavy atom. The van der Waals surface area contributed by atoms with Crippen LogP contribution in [0.1, 0.15) is 57.8 Å². The number of thiazole rings is 1. The highest BCUT2D eigenvalue weighted by Crippen LogP contribution is 2.30. The van der Waals surface area contributed by atoms with Crippen LogP contribution in [-0.2, 0) is 16.1 Å². The van der Waals surface area contributed by atoms with Crippen LogP contribution < -0.4 is 21.1 Å². The molecule has 1 aliphatic heterocycles. The number of nitrogens with one attached hydrogen (secondary N) is 2. The van der Waals surface area contributed by atoms with Crippen LogP contribution in [-0.4, -0.2) is 52.0 Å². The molecule has 2 N–H and O–H groups in total. The van der Waals surface area contributed by atoms with Crippen molar-refractivity contribution in [2.75, 3.05) is 24.5 Å². The number of anilines is 1. The van der Waals surface area contributed by atoms with Crippen LogP contribution in [0.5, 0.6) is 0 Å². The van der Waals surface area contributed by atoms with Gasteiger partial charge in [0, 0.05) is 25.7 Å². The topological polar surface area (TPSA) is 109 Å². The molecule has 0 radical (unpaired) electrons. The normalized spacial score (nSPS) is 20.8. The second-order valence-electron chi connectivity index (χ2n) is 9.60. The van der Waals surface area contributed by atoms with Crippen molar-refractivity contribution in [3.63, 3.8) is 0 Å². The molecule has 3 heterocycles. The first kappa shape index (κ1) is 23.0. The average Bonchev–Trinajstić information content (AvgIpc) is 3.56. The summed E-state index contributed by atoms with van der Waals surface area (Å²) in [6, 6.07) is 0.356. The first-order valence-corrected chi connectivity index (χ1v) is 13.2. The Bertz CT molecular complexity index is 1150. The average molecular weight is 485 g/mol. The summed E-state index contributed by atoms with van der Waals surface area (Å²) < 4.78 is 1.80. The summed E-state index contributed by atoms with van der Waals surface area (Å²) in [7, 11) is 0. The summed E-state index contributed by atoms with van der Waals surface area (Å²) >= 11 is 1.30. The van der Waals surface area contributed by atoms with Crippen molar-refractivity contribution in [3.05, 3.63) is 28.3 Å². The Kier molecular flexibility index (Phi) is 6.94. The van der Waals surface area contributed by atoms with Crippen molar-refractivity contribution in [2.45, 2.75) is 70.4 Å². The molecule has 1 saturated carbocycles. The maximum Gasteiger partial charge on any atom is 0.273 e. The van der Waals surface area contributed by atoms with Gasteiger partial charge in [0.2, 0.25) is 11.8 Å². The molecule has 3 aliphatic rings. The zero-order valence-electron chi connectivity index (χ0n) is 19.4. The molecule has 34 heavy (non-hydrogen) atoms. The van der Waals surface area contributed by atoms with Gasteiger partial charge in [0.15, 0.2) is 10.8 Å². The van der Waals surface area contributed by atoms with Gasteiger partial charge in [-0.2, -0.15) is 4.98 Å². The number of hydrogen-bond acceptors (Lipinski definition) is 7. The number of rotatable bonds is 8. The fourth-order valence-corrected chi connectivity index (χ4v) is 5.70. The standard InChI is InChI=1S/C24H32N6O3S/c31-19(25-11-10-16-5-2-1-3-6-16)14-30-15-26-21-20(23(30)33)34-24(28-21)29-12-4-7-17(13-29)22(32)27-18-8-9-18/h5,15,17-18H,1-4,6-14H2,(H,25,31)(H,27,32). The van der Waals surface area contributed by atoms with E-state index < -0.39 is 0 Å². The lowest BCUT2D eigenvalue weighted by Gasteiger charge is -2.31. The summed E-state index contributed by atoms with van der Waals surface area (Å²) in [6.07, 6.45) is 13.2. The van der Waals surface area contributed by atoms with Gasteiger partial charge in [0.05, 0.1) is 5.92 Å². The maximum atomic E-state index is 13.0. The number of amides is 2. The molecule has 2 aromatic heterocycles. The number of carbonyl (C=O) groups excluding carboxylic acids is 2. The molecular weight excluding hydrogens is 452 g/mol. The number of fused-ring (bicyclic) bond motifs is 1. The van der Waals surface area contributed by atoms with E-state index in [1.54, 1.807) is 0 Å². The first-order chi connectivity index (χ1) is 16.6. The lowest BCUT2D eigenvalue weighted by Crippen LogP contribution is -2.43. The summed E-state index contributed by atoms with van der Waals surface area (Å²) in [5.74, 6) is -0.122. The smallest absolute Gasteiger partial charge is 0.273 e. The predicted molar refractivity (Wildman–Crippen MR) is 132 cm³/mol. The van der Waals surface area contributed by atoms with Crippen LogP contribution in [0.4, 0.5) is 5.13 Å². The molecule has 9 nitrogen and oxygen atoms in total. The Morgan fingerprint density at radius 2 is 2.06 bits per heavy atom. The van der Waals surface area contributed by atoms with Gasteiger partial charge in [-0.05, 0) is 57.8 Å². The molecule has 1 atom stereocenters. The lowest BCUT2D eigenvalue weighted by molar-refractivity contribution is -0.125. The van der Waals surface area contributed by atoms with Crippen LogP contribution in [0, 0.1) is 5.92 Å². The van der Waals surface area contributed by atoms with Gasteiger partial charge in [0.1, 0.15) is 17.6 Å². The number of carbonyl (C=O) groups is 2. The van der Waals surface area contributed by atoms with E-state index in [2.05, 4.69) is 31.6 Å². The monoisotopic (exact) mass is 484 g/mol. The summed E-state index contributed by atoms with van der Waals surface area (Å²) in [6.45, 7) is 1.94. The molecule has 2 amide bonds. The van der Waals surface area contributed by atoms with E-state index in [4.69, 9.17) is 0 Å². The third kappa shape index (κ3) is 5.48. The molecule has 0 spiro atoms.